The van der Waals surface area contributed by atoms with Crippen LogP contribution >= 0.6 is 0 Å². The Bertz CT molecular complexity index is 215. The lowest BCUT2D eigenvalue weighted by atomic mass is 10.1. The van der Waals surface area contributed by atoms with Crippen LogP contribution in [0.25, 0.3) is 0 Å². The smallest absolute Gasteiger partial charge is 0.0324 e. The number of hydrogen-bond acceptors (Lipinski definition) is 3. The fraction of sp³-hybridized carbons (Fsp3) is 0.846. The lowest BCUT2D eigenvalue weighted by molar-refractivity contribution is 0.275. The summed E-state index contributed by atoms with van der Waals surface area (Å²) in [6, 6.07) is 1.23. The molecule has 0 aromatic heterocycles. The molecule has 0 radical (unpaired) electrons. The Kier molecular flexibility index (Phi) is 4.67. The maximum absolute atomic E-state index is 3.60. The molecule has 2 rings (SSSR count). The second kappa shape index (κ2) is 6.26. The van der Waals surface area contributed by atoms with E-state index in [0.29, 0.717) is 12.1 Å². The van der Waals surface area contributed by atoms with Crippen LogP contribution in [-0.4, -0.2) is 43.2 Å². The first-order chi connectivity index (χ1) is 7.84. The quantitative estimate of drug-likeness (QED) is 0.739. The first kappa shape index (κ1) is 11.9. The summed E-state index contributed by atoms with van der Waals surface area (Å²) in [7, 11) is 0. The molecule has 2 heterocycles. The molecule has 3 nitrogen and oxygen atoms in total. The van der Waals surface area contributed by atoms with Crippen LogP contribution in [0.3, 0.4) is 0 Å². The van der Waals surface area contributed by atoms with E-state index in [9.17, 15) is 0 Å². The molecule has 0 aliphatic carbocycles. The molecule has 0 saturated carbocycles. The molecular formula is C13H25N3. The first-order valence-corrected chi connectivity index (χ1v) is 6.74. The molecule has 92 valence electrons. The van der Waals surface area contributed by atoms with Gasteiger partial charge < -0.3 is 15.5 Å². The Balaban J connectivity index is 1.77. The van der Waals surface area contributed by atoms with E-state index in [1.807, 2.05) is 0 Å². The Labute approximate surface area is 99.3 Å². The lowest BCUT2D eigenvalue weighted by Crippen LogP contribution is -2.47. The molecular weight excluding hydrogens is 198 g/mol. The molecule has 0 aromatic rings. The second-order valence-electron chi connectivity index (χ2n) is 5.10. The van der Waals surface area contributed by atoms with E-state index in [1.54, 1.807) is 0 Å². The van der Waals surface area contributed by atoms with Gasteiger partial charge in [0, 0.05) is 31.7 Å². The highest BCUT2D eigenvalue weighted by Gasteiger charge is 2.13. The molecule has 2 N–H and O–H groups in total. The predicted molar refractivity (Wildman–Crippen MR) is 68.4 cm³/mol. The zero-order valence-electron chi connectivity index (χ0n) is 10.4. The summed E-state index contributed by atoms with van der Waals surface area (Å²) in [5, 5.41) is 7.07. The van der Waals surface area contributed by atoms with Crippen LogP contribution in [0.15, 0.2) is 12.3 Å². The number of hydrogen-bond donors (Lipinski definition) is 2. The van der Waals surface area contributed by atoms with Gasteiger partial charge in [-0.15, -0.1) is 0 Å². The van der Waals surface area contributed by atoms with Crippen LogP contribution in [0.4, 0.5) is 0 Å². The summed E-state index contributed by atoms with van der Waals surface area (Å²) in [6.07, 6.45) is 10.1. The van der Waals surface area contributed by atoms with E-state index in [4.69, 9.17) is 0 Å². The maximum Gasteiger partial charge on any atom is 0.0324 e. The van der Waals surface area contributed by atoms with E-state index < -0.39 is 0 Å². The molecule has 2 aliphatic rings. The van der Waals surface area contributed by atoms with Gasteiger partial charge in [-0.05, 0) is 32.5 Å². The zero-order chi connectivity index (χ0) is 11.2. The minimum absolute atomic E-state index is 0.604. The van der Waals surface area contributed by atoms with Crippen LogP contribution in [0.1, 0.15) is 32.6 Å². The van der Waals surface area contributed by atoms with Crippen molar-refractivity contribution in [2.24, 2.45) is 0 Å². The third-order valence-electron chi connectivity index (χ3n) is 3.53. The highest BCUT2D eigenvalue weighted by Crippen LogP contribution is 2.10. The number of nitrogens with zero attached hydrogens (tertiary/aromatic N) is 1. The zero-order valence-corrected chi connectivity index (χ0v) is 10.4. The molecule has 3 heteroatoms. The van der Waals surface area contributed by atoms with Crippen LogP contribution in [0.2, 0.25) is 0 Å². The monoisotopic (exact) mass is 223 g/mol. The van der Waals surface area contributed by atoms with E-state index in [0.717, 1.165) is 19.6 Å². The minimum atomic E-state index is 0.604. The Morgan fingerprint density at radius 2 is 2.06 bits per heavy atom. The third kappa shape index (κ3) is 3.80. The second-order valence-corrected chi connectivity index (χ2v) is 5.10. The van der Waals surface area contributed by atoms with E-state index in [-0.39, 0.29) is 0 Å². The first-order valence-electron chi connectivity index (χ1n) is 6.74. The number of nitrogens with one attached hydrogen (secondary N) is 2. The fourth-order valence-corrected chi connectivity index (χ4v) is 2.54. The summed E-state index contributed by atoms with van der Waals surface area (Å²) < 4.78 is 0. The van der Waals surface area contributed by atoms with Gasteiger partial charge in [0.2, 0.25) is 0 Å². The van der Waals surface area contributed by atoms with Crippen molar-refractivity contribution >= 4 is 0 Å². The molecule has 16 heavy (non-hydrogen) atoms. The average molecular weight is 223 g/mol. The molecule has 2 atom stereocenters. The summed E-state index contributed by atoms with van der Waals surface area (Å²) in [5.74, 6) is 0. The van der Waals surface area contributed by atoms with Gasteiger partial charge in [-0.1, -0.05) is 18.9 Å². The van der Waals surface area contributed by atoms with Gasteiger partial charge in [0.05, 0.1) is 0 Å². The molecule has 0 aromatic carbocycles. The Morgan fingerprint density at radius 1 is 1.12 bits per heavy atom. The molecule has 0 spiro atoms. The lowest BCUT2D eigenvalue weighted by Gasteiger charge is -2.31. The van der Waals surface area contributed by atoms with Crippen LogP contribution in [-0.2, 0) is 0 Å². The van der Waals surface area contributed by atoms with Gasteiger partial charge in [-0.3, -0.25) is 0 Å². The van der Waals surface area contributed by atoms with Crippen molar-refractivity contribution in [2.45, 2.75) is 44.7 Å². The number of rotatable bonds is 2. The van der Waals surface area contributed by atoms with Crippen LogP contribution in [0, 0.1) is 0 Å². The molecule has 0 amide bonds. The molecule has 2 aliphatic heterocycles. The van der Waals surface area contributed by atoms with Gasteiger partial charge in [-0.25, -0.2) is 0 Å². The SMILES string of the molecule is C[C@H]1CN(/C=C\C2CCCCCN2)CCN1. The summed E-state index contributed by atoms with van der Waals surface area (Å²) in [4.78, 5) is 2.44. The standard InChI is InChI=1S/C13H25N3/c1-12-11-16(10-8-14-12)9-6-13-5-3-2-4-7-15-13/h6,9,12-15H,2-5,7-8,10-11H2,1H3/b9-6-/t12-,13?/m0/s1. The van der Waals surface area contributed by atoms with Crippen molar-refractivity contribution in [3.05, 3.63) is 12.3 Å². The van der Waals surface area contributed by atoms with Crippen LogP contribution in [0.5, 0.6) is 0 Å². The van der Waals surface area contributed by atoms with E-state index >= 15 is 0 Å². The predicted octanol–water partition coefficient (Wildman–Crippen LogP) is 1.33. The third-order valence-corrected chi connectivity index (χ3v) is 3.53. The van der Waals surface area contributed by atoms with Crippen molar-refractivity contribution in [3.8, 4) is 0 Å². The fourth-order valence-electron chi connectivity index (χ4n) is 2.54. The minimum Gasteiger partial charge on any atom is -0.375 e. The van der Waals surface area contributed by atoms with Gasteiger partial charge in [-0.2, -0.15) is 0 Å². The normalized spacial score (nSPS) is 32.9. The molecule has 2 fully saturated rings. The topological polar surface area (TPSA) is 27.3 Å². The van der Waals surface area contributed by atoms with E-state index in [1.165, 1.54) is 32.2 Å². The van der Waals surface area contributed by atoms with Crippen LogP contribution < -0.4 is 10.6 Å². The maximum atomic E-state index is 3.60. The van der Waals surface area contributed by atoms with Crippen molar-refractivity contribution in [1.82, 2.24) is 15.5 Å². The highest BCUT2D eigenvalue weighted by atomic mass is 15.2. The van der Waals surface area contributed by atoms with Gasteiger partial charge >= 0.3 is 0 Å². The van der Waals surface area contributed by atoms with Crippen molar-refractivity contribution in [3.63, 3.8) is 0 Å². The average Bonchev–Trinajstić information content (AvgIpc) is 2.55. The van der Waals surface area contributed by atoms with Gasteiger partial charge in [0.15, 0.2) is 0 Å². The largest absolute Gasteiger partial charge is 0.375 e. The van der Waals surface area contributed by atoms with Gasteiger partial charge in [0.25, 0.3) is 0 Å². The van der Waals surface area contributed by atoms with Crippen molar-refractivity contribution in [1.29, 1.82) is 0 Å². The van der Waals surface area contributed by atoms with E-state index in [2.05, 4.69) is 34.7 Å². The molecule has 0 bridgehead atoms. The summed E-state index contributed by atoms with van der Waals surface area (Å²) >= 11 is 0. The van der Waals surface area contributed by atoms with Gasteiger partial charge in [0.1, 0.15) is 0 Å². The van der Waals surface area contributed by atoms with Crippen molar-refractivity contribution in [2.75, 3.05) is 26.2 Å². The Hall–Kier alpha value is -0.540. The summed E-state index contributed by atoms with van der Waals surface area (Å²) in [6.45, 7) is 6.84. The molecule has 2 saturated heterocycles. The van der Waals surface area contributed by atoms with Crippen molar-refractivity contribution < 1.29 is 0 Å². The molecule has 1 unspecified atom stereocenters. The Morgan fingerprint density at radius 3 is 2.94 bits per heavy atom. The highest BCUT2D eigenvalue weighted by molar-refractivity contribution is 4.95. The summed E-state index contributed by atoms with van der Waals surface area (Å²) in [5.41, 5.74) is 0. The number of piperazine rings is 1.